The van der Waals surface area contributed by atoms with Crippen LogP contribution in [-0.4, -0.2) is 29.6 Å². The summed E-state index contributed by atoms with van der Waals surface area (Å²) in [6.45, 7) is 1.43. The first-order valence-electron chi connectivity index (χ1n) is 6.04. The number of carboxylic acids is 1. The fraction of sp³-hybridized carbons (Fsp3) is 0.385. The molecular weight excluding hydrogens is 289 g/mol. The number of benzene rings is 1. The van der Waals surface area contributed by atoms with Crippen LogP contribution in [0.5, 0.6) is 5.75 Å². The molecule has 1 aromatic carbocycles. The van der Waals surface area contributed by atoms with Gasteiger partial charge in [0.15, 0.2) is 6.61 Å². The first kappa shape index (κ1) is 16.2. The molecule has 5 nitrogen and oxygen atoms in total. The van der Waals surface area contributed by atoms with Crippen molar-refractivity contribution in [3.05, 3.63) is 29.0 Å². The van der Waals surface area contributed by atoms with Crippen LogP contribution in [0.25, 0.3) is 0 Å². The summed E-state index contributed by atoms with van der Waals surface area (Å²) in [4.78, 5) is 22.4. The van der Waals surface area contributed by atoms with Gasteiger partial charge in [-0.25, -0.2) is 9.18 Å². The summed E-state index contributed by atoms with van der Waals surface area (Å²) in [6, 6.07) is 2.56. The summed E-state index contributed by atoms with van der Waals surface area (Å²) in [6.07, 6.45) is 0.959. The number of halogens is 2. The highest BCUT2D eigenvalue weighted by molar-refractivity contribution is 6.32. The van der Waals surface area contributed by atoms with Crippen molar-refractivity contribution in [2.45, 2.75) is 25.8 Å². The molecule has 0 aliphatic carbocycles. The van der Waals surface area contributed by atoms with Crippen molar-refractivity contribution in [2.75, 3.05) is 6.61 Å². The predicted molar refractivity (Wildman–Crippen MR) is 71.4 cm³/mol. The molecule has 0 heterocycles. The van der Waals surface area contributed by atoms with E-state index in [4.69, 9.17) is 21.4 Å². The first-order chi connectivity index (χ1) is 9.43. The van der Waals surface area contributed by atoms with Gasteiger partial charge in [0.1, 0.15) is 17.6 Å². The Bertz CT molecular complexity index is 495. The molecule has 0 radical (unpaired) electrons. The molecule has 7 heteroatoms. The van der Waals surface area contributed by atoms with Gasteiger partial charge in [0.2, 0.25) is 0 Å². The number of hydrogen-bond acceptors (Lipinski definition) is 3. The Labute approximate surface area is 120 Å². The maximum atomic E-state index is 12.8. The number of carbonyl (C=O) groups excluding carboxylic acids is 1. The molecule has 0 spiro atoms. The van der Waals surface area contributed by atoms with E-state index >= 15 is 0 Å². The molecule has 20 heavy (non-hydrogen) atoms. The molecule has 0 saturated carbocycles. The highest BCUT2D eigenvalue weighted by Gasteiger charge is 2.19. The van der Waals surface area contributed by atoms with Crippen LogP contribution >= 0.6 is 11.6 Å². The molecule has 0 saturated heterocycles. The molecule has 0 fully saturated rings. The smallest absolute Gasteiger partial charge is 0.326 e. The van der Waals surface area contributed by atoms with Gasteiger partial charge in [-0.05, 0) is 24.6 Å². The van der Waals surface area contributed by atoms with Gasteiger partial charge in [0, 0.05) is 0 Å². The van der Waals surface area contributed by atoms with Crippen molar-refractivity contribution in [1.29, 1.82) is 0 Å². The lowest BCUT2D eigenvalue weighted by atomic mass is 10.2. The number of aliphatic carboxylic acids is 1. The zero-order valence-corrected chi connectivity index (χ0v) is 11.6. The van der Waals surface area contributed by atoms with Gasteiger partial charge < -0.3 is 15.2 Å². The molecule has 0 aliphatic heterocycles. The molecule has 1 atom stereocenters. The number of ether oxygens (including phenoxy) is 1. The lowest BCUT2D eigenvalue weighted by molar-refractivity contribution is -0.142. The van der Waals surface area contributed by atoms with E-state index in [1.54, 1.807) is 0 Å². The average molecular weight is 304 g/mol. The van der Waals surface area contributed by atoms with Crippen molar-refractivity contribution in [2.24, 2.45) is 0 Å². The van der Waals surface area contributed by atoms with Crippen LogP contribution in [0.1, 0.15) is 19.8 Å². The number of nitrogens with one attached hydrogen (secondary N) is 1. The summed E-state index contributed by atoms with van der Waals surface area (Å²) >= 11 is 5.73. The highest BCUT2D eigenvalue weighted by atomic mass is 35.5. The van der Waals surface area contributed by atoms with E-state index in [2.05, 4.69) is 5.32 Å². The lowest BCUT2D eigenvalue weighted by Gasteiger charge is -2.14. The fourth-order valence-electron chi connectivity index (χ4n) is 1.52. The third kappa shape index (κ3) is 5.05. The van der Waals surface area contributed by atoms with Crippen LogP contribution in [0.2, 0.25) is 5.02 Å². The van der Waals surface area contributed by atoms with E-state index < -0.39 is 30.3 Å². The van der Waals surface area contributed by atoms with Crippen molar-refractivity contribution < 1.29 is 23.8 Å². The van der Waals surface area contributed by atoms with E-state index in [-0.39, 0.29) is 10.8 Å². The maximum absolute atomic E-state index is 12.8. The standard InChI is InChI=1S/C13H15ClFNO4/c1-2-3-10(13(18)19)16-12(17)7-20-11-5-4-8(15)6-9(11)14/h4-6,10H,2-3,7H2,1H3,(H,16,17)(H,18,19). The van der Waals surface area contributed by atoms with Gasteiger partial charge in [-0.2, -0.15) is 0 Å². The number of rotatable bonds is 7. The molecule has 0 bridgehead atoms. The Morgan fingerprint density at radius 3 is 2.75 bits per heavy atom. The van der Waals surface area contributed by atoms with Gasteiger partial charge in [-0.15, -0.1) is 0 Å². The zero-order chi connectivity index (χ0) is 15.1. The van der Waals surface area contributed by atoms with Crippen LogP contribution in [-0.2, 0) is 9.59 Å². The third-order valence-corrected chi connectivity index (χ3v) is 2.76. The van der Waals surface area contributed by atoms with Crippen molar-refractivity contribution in [3.8, 4) is 5.75 Å². The number of carboxylic acid groups (broad SMARTS) is 1. The first-order valence-corrected chi connectivity index (χ1v) is 6.41. The lowest BCUT2D eigenvalue weighted by Crippen LogP contribution is -2.42. The van der Waals surface area contributed by atoms with Crippen LogP contribution in [0.3, 0.4) is 0 Å². The Kier molecular flexibility index (Phi) is 6.24. The molecule has 1 unspecified atom stereocenters. The molecule has 0 aromatic heterocycles. The summed E-state index contributed by atoms with van der Waals surface area (Å²) < 4.78 is 17.9. The van der Waals surface area contributed by atoms with Crippen LogP contribution in [0.15, 0.2) is 18.2 Å². The highest BCUT2D eigenvalue weighted by Crippen LogP contribution is 2.24. The monoisotopic (exact) mass is 303 g/mol. The topological polar surface area (TPSA) is 75.6 Å². The van der Waals surface area contributed by atoms with Crippen LogP contribution in [0, 0.1) is 5.82 Å². The second-order valence-corrected chi connectivity index (χ2v) is 4.52. The van der Waals surface area contributed by atoms with Gasteiger partial charge in [0.25, 0.3) is 5.91 Å². The van der Waals surface area contributed by atoms with E-state index in [9.17, 15) is 14.0 Å². The normalized spacial score (nSPS) is 11.8. The maximum Gasteiger partial charge on any atom is 0.326 e. The Morgan fingerprint density at radius 1 is 1.50 bits per heavy atom. The molecule has 1 aromatic rings. The molecule has 110 valence electrons. The quantitative estimate of drug-likeness (QED) is 0.810. The van der Waals surface area contributed by atoms with Gasteiger partial charge in [-0.1, -0.05) is 24.9 Å². The van der Waals surface area contributed by atoms with E-state index in [0.717, 1.165) is 12.1 Å². The van der Waals surface area contributed by atoms with Crippen molar-refractivity contribution in [1.82, 2.24) is 5.32 Å². The predicted octanol–water partition coefficient (Wildman–Crippen LogP) is 2.23. The summed E-state index contributed by atoms with van der Waals surface area (Å²) in [5.74, 6) is -2.03. The van der Waals surface area contributed by atoms with Crippen LogP contribution in [0.4, 0.5) is 4.39 Å². The second kappa shape index (κ2) is 7.69. The van der Waals surface area contributed by atoms with E-state index in [0.29, 0.717) is 12.8 Å². The van der Waals surface area contributed by atoms with E-state index in [1.807, 2.05) is 6.92 Å². The van der Waals surface area contributed by atoms with Crippen molar-refractivity contribution >= 4 is 23.5 Å². The third-order valence-electron chi connectivity index (χ3n) is 2.46. The van der Waals surface area contributed by atoms with Gasteiger partial charge >= 0.3 is 5.97 Å². The van der Waals surface area contributed by atoms with Crippen molar-refractivity contribution in [3.63, 3.8) is 0 Å². The Morgan fingerprint density at radius 2 is 2.20 bits per heavy atom. The SMILES string of the molecule is CCCC(NC(=O)COc1ccc(F)cc1Cl)C(=O)O. The molecule has 1 amide bonds. The minimum absolute atomic E-state index is 0.0427. The van der Waals surface area contributed by atoms with Crippen LogP contribution < -0.4 is 10.1 Å². The average Bonchev–Trinajstić information content (AvgIpc) is 2.37. The Hall–Kier alpha value is -1.82. The number of hydrogen-bond donors (Lipinski definition) is 2. The minimum Gasteiger partial charge on any atom is -0.482 e. The molecule has 2 N–H and O–H groups in total. The summed E-state index contributed by atoms with van der Waals surface area (Å²) in [5, 5.41) is 11.3. The molecule has 1 rings (SSSR count). The minimum atomic E-state index is -1.10. The number of amides is 1. The summed E-state index contributed by atoms with van der Waals surface area (Å²) in [7, 11) is 0. The van der Waals surface area contributed by atoms with Gasteiger partial charge in [-0.3, -0.25) is 4.79 Å². The second-order valence-electron chi connectivity index (χ2n) is 4.11. The molecule has 0 aliphatic rings. The largest absolute Gasteiger partial charge is 0.482 e. The summed E-state index contributed by atoms with van der Waals surface area (Å²) in [5.41, 5.74) is 0. The van der Waals surface area contributed by atoms with Gasteiger partial charge in [0.05, 0.1) is 5.02 Å². The fourth-order valence-corrected chi connectivity index (χ4v) is 1.74. The van der Waals surface area contributed by atoms with E-state index in [1.165, 1.54) is 6.07 Å². The molecular formula is C13H15ClFNO4. The Balaban J connectivity index is 2.52. The zero-order valence-electron chi connectivity index (χ0n) is 10.9. The number of carbonyl (C=O) groups is 2.